The summed E-state index contributed by atoms with van der Waals surface area (Å²) in [6.07, 6.45) is 3.19. The van der Waals surface area contributed by atoms with Crippen LogP contribution in [0.1, 0.15) is 24.8 Å². The molecule has 0 radical (unpaired) electrons. The Hall–Kier alpha value is -1.90. The van der Waals surface area contributed by atoms with Gasteiger partial charge in [-0.3, -0.25) is 9.89 Å². The Balaban J connectivity index is 1.31. The van der Waals surface area contributed by atoms with E-state index < -0.39 is 0 Å². The van der Waals surface area contributed by atoms with Gasteiger partial charge in [-0.1, -0.05) is 6.07 Å². The molecular formula is C23H37FN4O3. The number of halogens is 1. The number of aliphatic imine (C=N–C) groups is 1. The molecule has 0 spiro atoms. The molecule has 0 aromatic heterocycles. The van der Waals surface area contributed by atoms with Crippen molar-refractivity contribution in [3.63, 3.8) is 0 Å². The number of hydrogen-bond donors (Lipinski definition) is 1. The van der Waals surface area contributed by atoms with Crippen molar-refractivity contribution in [2.45, 2.75) is 25.8 Å². The number of piperazine rings is 1. The number of benzene rings is 1. The smallest absolute Gasteiger partial charge is 0.193 e. The van der Waals surface area contributed by atoms with E-state index in [2.05, 4.69) is 20.1 Å². The van der Waals surface area contributed by atoms with Crippen LogP contribution in [0.3, 0.4) is 0 Å². The Morgan fingerprint density at radius 1 is 1.23 bits per heavy atom. The van der Waals surface area contributed by atoms with Crippen molar-refractivity contribution in [1.29, 1.82) is 0 Å². The van der Waals surface area contributed by atoms with Crippen LogP contribution in [0.25, 0.3) is 0 Å². The third-order valence-corrected chi connectivity index (χ3v) is 5.95. The summed E-state index contributed by atoms with van der Waals surface area (Å²) in [5.74, 6) is 1.58. The molecule has 2 heterocycles. The Kier molecular flexibility index (Phi) is 9.84. The van der Waals surface area contributed by atoms with Gasteiger partial charge in [0.05, 0.1) is 7.11 Å². The first-order chi connectivity index (χ1) is 15.2. The highest BCUT2D eigenvalue weighted by atomic mass is 19.1. The van der Waals surface area contributed by atoms with Gasteiger partial charge in [0.1, 0.15) is 0 Å². The van der Waals surface area contributed by atoms with E-state index in [1.807, 2.05) is 13.1 Å². The molecule has 3 rings (SSSR count). The molecule has 31 heavy (non-hydrogen) atoms. The lowest BCUT2D eigenvalue weighted by atomic mass is 10.0. The highest BCUT2D eigenvalue weighted by Gasteiger charge is 2.20. The van der Waals surface area contributed by atoms with Gasteiger partial charge in [0.2, 0.25) is 0 Å². The molecule has 0 bridgehead atoms. The zero-order valence-electron chi connectivity index (χ0n) is 18.9. The lowest BCUT2D eigenvalue weighted by molar-refractivity contribution is 0.0203. The van der Waals surface area contributed by atoms with Gasteiger partial charge in [0.15, 0.2) is 17.5 Å². The van der Waals surface area contributed by atoms with Gasteiger partial charge in [0, 0.05) is 72.7 Å². The van der Waals surface area contributed by atoms with Crippen LogP contribution >= 0.6 is 0 Å². The van der Waals surface area contributed by atoms with Crippen LogP contribution in [-0.4, -0.2) is 89.1 Å². The van der Waals surface area contributed by atoms with Crippen molar-refractivity contribution in [2.75, 3.05) is 73.3 Å². The number of methoxy groups -OCH3 is 1. The number of rotatable bonds is 9. The Morgan fingerprint density at radius 2 is 2.00 bits per heavy atom. The Bertz CT molecular complexity index is 689. The average molecular weight is 437 g/mol. The minimum absolute atomic E-state index is 0.289. The van der Waals surface area contributed by atoms with Gasteiger partial charge in [-0.15, -0.1) is 0 Å². The molecule has 2 saturated heterocycles. The topological polar surface area (TPSA) is 58.6 Å². The Labute approximate surface area is 185 Å². The molecule has 0 saturated carbocycles. The van der Waals surface area contributed by atoms with Crippen LogP contribution in [0.4, 0.5) is 4.39 Å². The highest BCUT2D eigenvalue weighted by molar-refractivity contribution is 5.79. The van der Waals surface area contributed by atoms with Gasteiger partial charge in [-0.2, -0.15) is 0 Å². The average Bonchev–Trinajstić information content (AvgIpc) is 2.80. The SMILES string of the molecule is CN=C(NCCCOCC1CCOCC1)N1CCN(Cc2ccc(OC)c(F)c2)CC1. The summed E-state index contributed by atoms with van der Waals surface area (Å²) < 4.78 is 30.1. The number of guanidine groups is 1. The maximum Gasteiger partial charge on any atom is 0.193 e. The van der Waals surface area contributed by atoms with Crippen molar-refractivity contribution in [3.05, 3.63) is 29.6 Å². The zero-order valence-corrected chi connectivity index (χ0v) is 18.9. The zero-order chi connectivity index (χ0) is 21.9. The molecule has 1 aromatic rings. The lowest BCUT2D eigenvalue weighted by Crippen LogP contribution is -2.52. The maximum absolute atomic E-state index is 13.9. The standard InChI is InChI=1S/C23H37FN4O3/c1-25-23(26-8-3-13-31-18-19-6-14-30-15-7-19)28-11-9-27(10-12-28)17-20-4-5-22(29-2)21(24)16-20/h4-5,16,19H,3,6-15,17-18H2,1-2H3,(H,25,26). The maximum atomic E-state index is 13.9. The first-order valence-corrected chi connectivity index (χ1v) is 11.4. The van der Waals surface area contributed by atoms with Crippen LogP contribution in [0.15, 0.2) is 23.2 Å². The monoisotopic (exact) mass is 436 g/mol. The van der Waals surface area contributed by atoms with Gasteiger partial charge < -0.3 is 24.4 Å². The first-order valence-electron chi connectivity index (χ1n) is 11.4. The molecule has 1 N–H and O–H groups in total. The molecule has 0 atom stereocenters. The van der Waals surface area contributed by atoms with Crippen LogP contribution in [0.5, 0.6) is 5.75 Å². The summed E-state index contributed by atoms with van der Waals surface area (Å²) in [5.41, 5.74) is 0.968. The van der Waals surface area contributed by atoms with E-state index in [0.717, 1.165) is 96.5 Å². The van der Waals surface area contributed by atoms with Crippen LogP contribution in [0, 0.1) is 11.7 Å². The van der Waals surface area contributed by atoms with Crippen molar-refractivity contribution in [2.24, 2.45) is 10.9 Å². The van der Waals surface area contributed by atoms with Crippen molar-refractivity contribution >= 4 is 5.96 Å². The molecule has 2 aliphatic heterocycles. The van der Waals surface area contributed by atoms with Gasteiger partial charge in [0.25, 0.3) is 0 Å². The van der Waals surface area contributed by atoms with Crippen LogP contribution in [-0.2, 0) is 16.0 Å². The molecule has 2 fully saturated rings. The summed E-state index contributed by atoms with van der Waals surface area (Å²) in [4.78, 5) is 9.07. The quantitative estimate of drug-likeness (QED) is 0.364. The third-order valence-electron chi connectivity index (χ3n) is 5.95. The van der Waals surface area contributed by atoms with Crippen molar-refractivity contribution in [3.8, 4) is 5.75 Å². The lowest BCUT2D eigenvalue weighted by Gasteiger charge is -2.36. The fraction of sp³-hybridized carbons (Fsp3) is 0.696. The summed E-state index contributed by atoms with van der Waals surface area (Å²) in [6.45, 7) is 8.59. The van der Waals surface area contributed by atoms with Gasteiger partial charge in [-0.05, 0) is 42.9 Å². The van der Waals surface area contributed by atoms with E-state index in [4.69, 9.17) is 14.2 Å². The minimum Gasteiger partial charge on any atom is -0.494 e. The van der Waals surface area contributed by atoms with Crippen LogP contribution in [0.2, 0.25) is 0 Å². The van der Waals surface area contributed by atoms with Crippen molar-refractivity contribution < 1.29 is 18.6 Å². The highest BCUT2D eigenvalue weighted by Crippen LogP contribution is 2.19. The van der Waals surface area contributed by atoms with E-state index in [9.17, 15) is 4.39 Å². The van der Waals surface area contributed by atoms with E-state index in [1.54, 1.807) is 12.1 Å². The number of nitrogens with one attached hydrogen (secondary N) is 1. The molecule has 0 unspecified atom stereocenters. The van der Waals surface area contributed by atoms with Crippen molar-refractivity contribution in [1.82, 2.24) is 15.1 Å². The number of nitrogens with zero attached hydrogens (tertiary/aromatic N) is 3. The summed E-state index contributed by atoms with van der Waals surface area (Å²) in [7, 11) is 3.31. The second-order valence-corrected chi connectivity index (χ2v) is 8.19. The minimum atomic E-state index is -0.306. The number of ether oxygens (including phenoxy) is 3. The fourth-order valence-electron chi connectivity index (χ4n) is 4.05. The predicted octanol–water partition coefficient (Wildman–Crippen LogP) is 2.36. The molecule has 8 heteroatoms. The summed E-state index contributed by atoms with van der Waals surface area (Å²) in [6, 6.07) is 5.19. The molecule has 1 aromatic carbocycles. The summed E-state index contributed by atoms with van der Waals surface area (Å²) in [5, 5.41) is 3.46. The normalized spacial score (nSPS) is 18.9. The van der Waals surface area contributed by atoms with Gasteiger partial charge in [-0.25, -0.2) is 4.39 Å². The first kappa shape index (κ1) is 23.8. The molecule has 7 nitrogen and oxygen atoms in total. The van der Waals surface area contributed by atoms with E-state index >= 15 is 0 Å². The Morgan fingerprint density at radius 3 is 2.68 bits per heavy atom. The molecule has 0 aliphatic carbocycles. The van der Waals surface area contributed by atoms with Crippen LogP contribution < -0.4 is 10.1 Å². The predicted molar refractivity (Wildman–Crippen MR) is 120 cm³/mol. The largest absolute Gasteiger partial charge is 0.494 e. The third kappa shape index (κ3) is 7.63. The molecular weight excluding hydrogens is 399 g/mol. The molecule has 2 aliphatic rings. The molecule has 174 valence electrons. The van der Waals surface area contributed by atoms with E-state index in [-0.39, 0.29) is 11.6 Å². The fourth-order valence-corrected chi connectivity index (χ4v) is 4.05. The number of hydrogen-bond acceptors (Lipinski definition) is 5. The van der Waals surface area contributed by atoms with Gasteiger partial charge >= 0.3 is 0 Å². The van der Waals surface area contributed by atoms with E-state index in [1.165, 1.54) is 7.11 Å². The molecule has 0 amide bonds. The summed E-state index contributed by atoms with van der Waals surface area (Å²) >= 11 is 0. The second kappa shape index (κ2) is 12.8. The second-order valence-electron chi connectivity index (χ2n) is 8.19. The van der Waals surface area contributed by atoms with E-state index in [0.29, 0.717) is 5.92 Å².